The van der Waals surface area contributed by atoms with Crippen LogP contribution >= 0.6 is 0 Å². The number of rotatable bonds is 2. The first-order chi connectivity index (χ1) is 12.8. The summed E-state index contributed by atoms with van der Waals surface area (Å²) < 4.78 is 5.11. The first-order valence-corrected chi connectivity index (χ1v) is 10.3. The van der Waals surface area contributed by atoms with Crippen LogP contribution < -0.4 is 0 Å². The molecule has 1 spiro atoms. The van der Waals surface area contributed by atoms with Crippen LogP contribution in [-0.2, 0) is 19.7 Å². The molecule has 1 aromatic rings. The molecule has 0 bridgehead atoms. The van der Waals surface area contributed by atoms with Crippen molar-refractivity contribution >= 4 is 11.9 Å². The predicted molar refractivity (Wildman–Crippen MR) is 104 cm³/mol. The maximum absolute atomic E-state index is 12.8. The lowest BCUT2D eigenvalue weighted by molar-refractivity contribution is -0.144. The van der Waals surface area contributed by atoms with Gasteiger partial charge in [0.05, 0.1) is 13.0 Å². The van der Waals surface area contributed by atoms with Crippen molar-refractivity contribution < 1.29 is 14.3 Å². The molecule has 1 aromatic carbocycles. The van der Waals surface area contributed by atoms with E-state index in [0.29, 0.717) is 24.9 Å². The van der Waals surface area contributed by atoms with Gasteiger partial charge in [-0.05, 0) is 48.1 Å². The third-order valence-electron chi connectivity index (χ3n) is 6.82. The highest BCUT2D eigenvalue weighted by atomic mass is 16.5. The lowest BCUT2D eigenvalue weighted by atomic mass is 9.61. The van der Waals surface area contributed by atoms with Gasteiger partial charge in [0.1, 0.15) is 0 Å². The Hall–Kier alpha value is -1.84. The summed E-state index contributed by atoms with van der Waals surface area (Å²) in [5.41, 5.74) is 2.93. The van der Waals surface area contributed by atoms with Gasteiger partial charge in [-0.25, -0.2) is 0 Å². The van der Waals surface area contributed by atoms with E-state index in [9.17, 15) is 9.59 Å². The standard InChI is InChI=1S/C23H31NO3/c1-22(2,3)19-6-4-16(5-7-19)17-8-10-24(11-9-17)21(26)18-12-23(13-18)14-20(25)27-15-23/h4-7,17-18H,8-15H2,1-3H3. The van der Waals surface area contributed by atoms with E-state index in [2.05, 4.69) is 49.9 Å². The largest absolute Gasteiger partial charge is 0.465 e. The first kappa shape index (κ1) is 18.5. The summed E-state index contributed by atoms with van der Waals surface area (Å²) >= 11 is 0. The zero-order chi connectivity index (χ0) is 19.2. The number of nitrogens with zero attached hydrogens (tertiary/aromatic N) is 1. The van der Waals surface area contributed by atoms with Crippen LogP contribution in [0.3, 0.4) is 0 Å². The number of cyclic esters (lactones) is 1. The fraction of sp³-hybridized carbons (Fsp3) is 0.652. The van der Waals surface area contributed by atoms with Crippen molar-refractivity contribution in [3.63, 3.8) is 0 Å². The van der Waals surface area contributed by atoms with Gasteiger partial charge in [-0.1, -0.05) is 45.0 Å². The number of hydrogen-bond donors (Lipinski definition) is 0. The van der Waals surface area contributed by atoms with Crippen LogP contribution in [0.25, 0.3) is 0 Å². The van der Waals surface area contributed by atoms with Gasteiger partial charge in [0.25, 0.3) is 0 Å². The molecule has 2 heterocycles. The van der Waals surface area contributed by atoms with E-state index in [0.717, 1.165) is 38.8 Å². The molecule has 3 fully saturated rings. The lowest BCUT2D eigenvalue weighted by Gasteiger charge is -2.45. The van der Waals surface area contributed by atoms with Crippen LogP contribution in [-0.4, -0.2) is 36.5 Å². The molecule has 1 aliphatic carbocycles. The summed E-state index contributed by atoms with van der Waals surface area (Å²) in [5, 5.41) is 0. The quantitative estimate of drug-likeness (QED) is 0.740. The van der Waals surface area contributed by atoms with Crippen molar-refractivity contribution in [1.82, 2.24) is 4.90 Å². The first-order valence-electron chi connectivity index (χ1n) is 10.3. The molecule has 27 heavy (non-hydrogen) atoms. The van der Waals surface area contributed by atoms with Gasteiger partial charge in [0, 0.05) is 24.4 Å². The molecule has 0 unspecified atom stereocenters. The Morgan fingerprint density at radius 2 is 1.74 bits per heavy atom. The maximum atomic E-state index is 12.8. The monoisotopic (exact) mass is 369 g/mol. The van der Waals surface area contributed by atoms with E-state index in [1.165, 1.54) is 11.1 Å². The zero-order valence-electron chi connectivity index (χ0n) is 16.8. The summed E-state index contributed by atoms with van der Waals surface area (Å²) in [5.74, 6) is 0.847. The van der Waals surface area contributed by atoms with Crippen molar-refractivity contribution in [1.29, 1.82) is 0 Å². The second-order valence-electron chi connectivity index (χ2n) is 9.91. The summed E-state index contributed by atoms with van der Waals surface area (Å²) in [6.07, 6.45) is 4.24. The molecular formula is C23H31NO3. The van der Waals surface area contributed by atoms with Crippen LogP contribution in [0.15, 0.2) is 24.3 Å². The SMILES string of the molecule is CC(C)(C)c1ccc(C2CCN(C(=O)C3CC4(COC(=O)C4)C3)CC2)cc1. The van der Waals surface area contributed by atoms with E-state index >= 15 is 0 Å². The van der Waals surface area contributed by atoms with Crippen molar-refractivity contribution in [3.8, 4) is 0 Å². The molecule has 2 aliphatic heterocycles. The number of piperidine rings is 1. The molecule has 146 valence electrons. The lowest BCUT2D eigenvalue weighted by Crippen LogP contribution is -2.49. The van der Waals surface area contributed by atoms with Crippen molar-refractivity contribution in [2.24, 2.45) is 11.3 Å². The molecule has 4 rings (SSSR count). The Kier molecular flexibility index (Phi) is 4.56. The number of carbonyl (C=O) groups excluding carboxylic acids is 2. The van der Waals surface area contributed by atoms with Gasteiger partial charge in [0.2, 0.25) is 5.91 Å². The highest BCUT2D eigenvalue weighted by Gasteiger charge is 2.53. The normalized spacial score (nSPS) is 28.9. The van der Waals surface area contributed by atoms with Gasteiger partial charge < -0.3 is 9.64 Å². The molecule has 0 N–H and O–H groups in total. The summed E-state index contributed by atoms with van der Waals surface area (Å²) in [4.78, 5) is 26.2. The highest BCUT2D eigenvalue weighted by molar-refractivity contribution is 5.81. The Morgan fingerprint density at radius 3 is 2.26 bits per heavy atom. The Labute approximate surface area is 162 Å². The predicted octanol–water partition coefficient (Wildman–Crippen LogP) is 4.03. The van der Waals surface area contributed by atoms with Crippen molar-refractivity contribution in [3.05, 3.63) is 35.4 Å². The van der Waals surface area contributed by atoms with Gasteiger partial charge in [-0.2, -0.15) is 0 Å². The second-order valence-corrected chi connectivity index (χ2v) is 9.91. The van der Waals surface area contributed by atoms with Crippen LogP contribution in [0.1, 0.15) is 69.9 Å². The summed E-state index contributed by atoms with van der Waals surface area (Å²) in [6.45, 7) is 8.94. The molecule has 0 radical (unpaired) electrons. The Balaban J connectivity index is 1.29. The fourth-order valence-electron chi connectivity index (χ4n) is 5.01. The number of amides is 1. The number of ether oxygens (including phenoxy) is 1. The highest BCUT2D eigenvalue weighted by Crippen LogP contribution is 2.52. The molecule has 0 aromatic heterocycles. The topological polar surface area (TPSA) is 46.6 Å². The minimum Gasteiger partial charge on any atom is -0.465 e. The van der Waals surface area contributed by atoms with Gasteiger partial charge in [-0.3, -0.25) is 9.59 Å². The molecule has 4 heteroatoms. The van der Waals surface area contributed by atoms with Crippen molar-refractivity contribution in [2.45, 2.75) is 64.2 Å². The third-order valence-corrected chi connectivity index (χ3v) is 6.82. The van der Waals surface area contributed by atoms with Crippen LogP contribution in [0.4, 0.5) is 0 Å². The van der Waals surface area contributed by atoms with Gasteiger partial charge >= 0.3 is 5.97 Å². The fourth-order valence-corrected chi connectivity index (χ4v) is 5.01. The van der Waals surface area contributed by atoms with Crippen molar-refractivity contribution in [2.75, 3.05) is 19.7 Å². The average Bonchev–Trinajstić information content (AvgIpc) is 3.02. The Morgan fingerprint density at radius 1 is 1.11 bits per heavy atom. The number of carbonyl (C=O) groups is 2. The molecule has 2 saturated heterocycles. The van der Waals surface area contributed by atoms with E-state index < -0.39 is 0 Å². The van der Waals surface area contributed by atoms with E-state index in [-0.39, 0.29) is 22.7 Å². The van der Waals surface area contributed by atoms with E-state index in [1.54, 1.807) is 0 Å². The number of hydrogen-bond acceptors (Lipinski definition) is 3. The maximum Gasteiger partial charge on any atom is 0.306 e. The zero-order valence-corrected chi connectivity index (χ0v) is 16.8. The molecule has 4 nitrogen and oxygen atoms in total. The minimum absolute atomic E-state index is 0.0233. The van der Waals surface area contributed by atoms with E-state index in [1.807, 2.05) is 0 Å². The van der Waals surface area contributed by atoms with Gasteiger partial charge in [0.15, 0.2) is 0 Å². The average molecular weight is 370 g/mol. The second kappa shape index (κ2) is 6.65. The number of esters is 1. The molecule has 1 amide bonds. The van der Waals surface area contributed by atoms with Crippen LogP contribution in [0.2, 0.25) is 0 Å². The van der Waals surface area contributed by atoms with E-state index in [4.69, 9.17) is 4.74 Å². The smallest absolute Gasteiger partial charge is 0.306 e. The molecule has 1 saturated carbocycles. The molecule has 0 atom stereocenters. The number of benzene rings is 1. The summed E-state index contributed by atoms with van der Waals surface area (Å²) in [7, 11) is 0. The van der Waals surface area contributed by atoms with Gasteiger partial charge in [-0.15, -0.1) is 0 Å². The minimum atomic E-state index is -0.0980. The van der Waals surface area contributed by atoms with Crippen LogP contribution in [0.5, 0.6) is 0 Å². The molecular weight excluding hydrogens is 338 g/mol. The molecule has 3 aliphatic rings. The Bertz CT molecular complexity index is 717. The third kappa shape index (κ3) is 3.63. The number of likely N-dealkylation sites (tertiary alicyclic amines) is 1. The summed E-state index contributed by atoms with van der Waals surface area (Å²) in [6, 6.07) is 9.06. The van der Waals surface area contributed by atoms with Crippen LogP contribution in [0, 0.1) is 11.3 Å².